The van der Waals surface area contributed by atoms with Crippen molar-refractivity contribution in [3.05, 3.63) is 75.9 Å². The van der Waals surface area contributed by atoms with Crippen molar-refractivity contribution in [2.45, 2.75) is 63.9 Å². The maximum absolute atomic E-state index is 16.3. The Labute approximate surface area is 270 Å². The molecule has 2 aliphatic heterocycles. The van der Waals surface area contributed by atoms with Gasteiger partial charge >= 0.3 is 6.09 Å². The first-order chi connectivity index (χ1) is 21.9. The first-order valence-corrected chi connectivity index (χ1v) is 15.3. The number of nitrogens with zero attached hydrogens (tertiary/aromatic N) is 1. The van der Waals surface area contributed by atoms with E-state index in [9.17, 15) is 9.59 Å². The summed E-state index contributed by atoms with van der Waals surface area (Å²) in [6.07, 6.45) is 2.68. The Morgan fingerprint density at radius 2 is 1.91 bits per heavy atom. The molecule has 5 rings (SSSR count). The molecule has 1 fully saturated rings. The van der Waals surface area contributed by atoms with Gasteiger partial charge in [0, 0.05) is 42.0 Å². The molecule has 2 atom stereocenters. The van der Waals surface area contributed by atoms with Gasteiger partial charge in [-0.1, -0.05) is 41.9 Å². The molecule has 0 radical (unpaired) electrons. The van der Waals surface area contributed by atoms with Crippen molar-refractivity contribution >= 4 is 23.6 Å². The van der Waals surface area contributed by atoms with Gasteiger partial charge in [-0.25, -0.2) is 18.6 Å². The van der Waals surface area contributed by atoms with Crippen LogP contribution in [0.2, 0.25) is 5.02 Å². The number of hydrogen-bond acceptors (Lipinski definition) is 8. The molecule has 246 valence electrons. The number of nitrogens with one attached hydrogen (secondary N) is 1. The maximum atomic E-state index is 16.3. The highest BCUT2D eigenvalue weighted by molar-refractivity contribution is 6.34. The Bertz CT molecular complexity index is 1600. The van der Waals surface area contributed by atoms with Crippen LogP contribution in [0.1, 0.15) is 61.5 Å². The molecule has 0 saturated carbocycles. The number of alkyl carbamates (subject to hydrolysis) is 1. The third kappa shape index (κ3) is 7.35. The molecule has 1 unspecified atom stereocenters. The second kappa shape index (κ2) is 13.8. The molecular formula is C33H36ClF2N3O7. The summed E-state index contributed by atoms with van der Waals surface area (Å²) in [7, 11) is 0. The van der Waals surface area contributed by atoms with Crippen LogP contribution >= 0.6 is 11.6 Å². The number of carbonyl (C=O) groups is 2. The smallest absolute Gasteiger partial charge is 0.407 e. The Kier molecular flexibility index (Phi) is 9.99. The van der Waals surface area contributed by atoms with E-state index in [-0.39, 0.29) is 60.5 Å². The lowest BCUT2D eigenvalue weighted by atomic mass is 9.85. The molecule has 3 aromatic rings. The number of benzene rings is 2. The first-order valence-electron chi connectivity index (χ1n) is 15.0. The average molecular weight is 660 g/mol. The molecule has 2 amide bonds. The molecule has 13 heteroatoms. The van der Waals surface area contributed by atoms with Crippen molar-refractivity contribution in [2.75, 3.05) is 26.4 Å². The van der Waals surface area contributed by atoms with E-state index in [0.717, 1.165) is 31.5 Å². The van der Waals surface area contributed by atoms with E-state index in [4.69, 9.17) is 41.0 Å². The van der Waals surface area contributed by atoms with Crippen LogP contribution in [-0.4, -0.2) is 55.2 Å². The van der Waals surface area contributed by atoms with E-state index in [2.05, 4.69) is 10.3 Å². The van der Waals surface area contributed by atoms with E-state index in [1.165, 1.54) is 0 Å². The highest BCUT2D eigenvalue weighted by Gasteiger charge is 2.45. The number of fused-ring (bicyclic) bond motifs is 1. The number of ether oxygens (including phenoxy) is 5. The fourth-order valence-corrected chi connectivity index (χ4v) is 5.76. The van der Waals surface area contributed by atoms with Gasteiger partial charge in [0.1, 0.15) is 23.8 Å². The molecule has 0 bridgehead atoms. The van der Waals surface area contributed by atoms with Gasteiger partial charge in [-0.3, -0.25) is 4.79 Å². The van der Waals surface area contributed by atoms with Gasteiger partial charge in [0.2, 0.25) is 0 Å². The summed E-state index contributed by atoms with van der Waals surface area (Å²) < 4.78 is 60.3. The largest absolute Gasteiger partial charge is 0.480 e. The van der Waals surface area contributed by atoms with Crippen molar-refractivity contribution in [3.8, 4) is 22.8 Å². The molecule has 0 spiro atoms. The van der Waals surface area contributed by atoms with E-state index < -0.39 is 45.7 Å². The summed E-state index contributed by atoms with van der Waals surface area (Å²) in [6.45, 7) is 5.71. The lowest BCUT2D eigenvalue weighted by Gasteiger charge is -2.30. The number of aromatic nitrogens is 1. The van der Waals surface area contributed by atoms with Gasteiger partial charge in [-0.15, -0.1) is 0 Å². The Hall–Kier alpha value is -4.00. The lowest BCUT2D eigenvalue weighted by Crippen LogP contribution is -2.45. The Morgan fingerprint density at radius 3 is 2.59 bits per heavy atom. The van der Waals surface area contributed by atoms with Crippen LogP contribution in [0.5, 0.6) is 11.6 Å². The van der Waals surface area contributed by atoms with Gasteiger partial charge in [0.15, 0.2) is 17.7 Å². The number of amides is 2. The molecule has 2 aliphatic rings. The minimum atomic E-state index is -1.28. The van der Waals surface area contributed by atoms with E-state index in [0.29, 0.717) is 12.2 Å². The topological polar surface area (TPSA) is 131 Å². The van der Waals surface area contributed by atoms with Crippen LogP contribution in [0.3, 0.4) is 0 Å². The van der Waals surface area contributed by atoms with Crippen LogP contribution in [0.15, 0.2) is 42.6 Å². The number of hydrogen-bond donors (Lipinski definition) is 2. The Balaban J connectivity index is 1.51. The zero-order valence-corrected chi connectivity index (χ0v) is 26.5. The third-order valence-electron chi connectivity index (χ3n) is 7.54. The molecule has 1 saturated heterocycles. The normalized spacial score (nSPS) is 19.2. The summed E-state index contributed by atoms with van der Waals surface area (Å²) in [4.78, 5) is 29.1. The average Bonchev–Trinajstić information content (AvgIpc) is 3.39. The second-order valence-electron chi connectivity index (χ2n) is 12.1. The van der Waals surface area contributed by atoms with Crippen LogP contribution in [0.4, 0.5) is 13.6 Å². The van der Waals surface area contributed by atoms with Crippen molar-refractivity contribution in [3.63, 3.8) is 0 Å². The van der Waals surface area contributed by atoms with Crippen molar-refractivity contribution in [1.82, 2.24) is 10.3 Å². The molecule has 1 aromatic heterocycles. The van der Waals surface area contributed by atoms with Crippen LogP contribution in [0, 0.1) is 11.6 Å². The highest BCUT2D eigenvalue weighted by Crippen LogP contribution is 2.50. The van der Waals surface area contributed by atoms with E-state index in [1.807, 2.05) is 6.07 Å². The summed E-state index contributed by atoms with van der Waals surface area (Å²) in [6, 6.07) is 10.0. The molecule has 2 aromatic carbocycles. The quantitative estimate of drug-likeness (QED) is 0.251. The predicted molar refractivity (Wildman–Crippen MR) is 165 cm³/mol. The van der Waals surface area contributed by atoms with Crippen LogP contribution < -0.4 is 20.5 Å². The number of carbonyl (C=O) groups excluding carboxylic acids is 2. The molecule has 46 heavy (non-hydrogen) atoms. The first kappa shape index (κ1) is 33.4. The number of pyridine rings is 1. The molecular weight excluding hydrogens is 624 g/mol. The standard InChI is InChI=1S/C33H36ClF2N3O7/c1-32(2,3)46-31(41)39-18-33(19-9-5-4-6-10-19)16-20-23(45-33)15-22(35)27(34)25(20)26-21(29(37)40)17-38-30(28(26)36)44-14-13-43-24-11-7-8-12-42-24/h4-6,9-10,15,17,24H,7-8,11-14,16,18H2,1-3H3,(H2,37,40)(H,39,41)/t24?,33-/m1/s1. The zero-order chi connectivity index (χ0) is 33.1. The minimum absolute atomic E-state index is 0.00284. The zero-order valence-electron chi connectivity index (χ0n) is 25.8. The van der Waals surface area contributed by atoms with Gasteiger partial charge in [0.25, 0.3) is 11.8 Å². The van der Waals surface area contributed by atoms with Crippen molar-refractivity contribution in [1.29, 1.82) is 0 Å². The summed E-state index contributed by atoms with van der Waals surface area (Å²) in [5, 5.41) is 2.28. The van der Waals surface area contributed by atoms with Crippen molar-refractivity contribution < 1.29 is 42.1 Å². The fraction of sp³-hybridized carbons (Fsp3) is 0.424. The monoisotopic (exact) mass is 659 g/mol. The molecule has 3 N–H and O–H groups in total. The van der Waals surface area contributed by atoms with Crippen LogP contribution in [-0.2, 0) is 26.2 Å². The maximum Gasteiger partial charge on any atom is 0.407 e. The van der Waals surface area contributed by atoms with Crippen molar-refractivity contribution in [2.24, 2.45) is 5.73 Å². The van der Waals surface area contributed by atoms with E-state index in [1.54, 1.807) is 45.0 Å². The number of nitrogens with two attached hydrogens (primary N) is 1. The van der Waals surface area contributed by atoms with Gasteiger partial charge < -0.3 is 34.7 Å². The van der Waals surface area contributed by atoms with Crippen LogP contribution in [0.25, 0.3) is 11.1 Å². The summed E-state index contributed by atoms with van der Waals surface area (Å²) in [5.74, 6) is -3.41. The Morgan fingerprint density at radius 1 is 1.15 bits per heavy atom. The van der Waals surface area contributed by atoms with E-state index >= 15 is 8.78 Å². The SMILES string of the molecule is CC(C)(C)OC(=O)NC[C@@]1(c2ccccc2)Cc2c(cc(F)c(Cl)c2-c2c(C(N)=O)cnc(OCCOC3CCCCO3)c2F)O1. The fourth-order valence-electron chi connectivity index (χ4n) is 5.49. The predicted octanol–water partition coefficient (Wildman–Crippen LogP) is 6.06. The third-order valence-corrected chi connectivity index (χ3v) is 7.91. The second-order valence-corrected chi connectivity index (χ2v) is 12.4. The highest BCUT2D eigenvalue weighted by atomic mass is 35.5. The number of halogens is 3. The van der Waals surface area contributed by atoms with Gasteiger partial charge in [0.05, 0.1) is 23.7 Å². The van der Waals surface area contributed by atoms with Gasteiger partial charge in [-0.2, -0.15) is 0 Å². The lowest BCUT2D eigenvalue weighted by molar-refractivity contribution is -0.165. The molecule has 10 nitrogen and oxygen atoms in total. The minimum Gasteiger partial charge on any atom is -0.480 e. The number of rotatable bonds is 10. The summed E-state index contributed by atoms with van der Waals surface area (Å²) in [5.41, 5.74) is 3.66. The molecule has 0 aliphatic carbocycles. The number of primary amides is 1. The van der Waals surface area contributed by atoms with Gasteiger partial charge in [-0.05, 0) is 45.6 Å². The molecule has 3 heterocycles. The summed E-state index contributed by atoms with van der Waals surface area (Å²) >= 11 is 6.53.